The Balaban J connectivity index is 0.00000200. The molecule has 114 valence electrons. The van der Waals surface area contributed by atoms with E-state index in [-0.39, 0.29) is 30.0 Å². The molecule has 1 aliphatic heterocycles. The van der Waals surface area contributed by atoms with E-state index in [1.54, 1.807) is 6.26 Å². The summed E-state index contributed by atoms with van der Waals surface area (Å²) in [6, 6.07) is 4.02. The molecule has 0 radical (unpaired) electrons. The lowest BCUT2D eigenvalue weighted by Crippen LogP contribution is -2.43. The van der Waals surface area contributed by atoms with Gasteiger partial charge in [0.25, 0.3) is 0 Å². The van der Waals surface area contributed by atoms with E-state index in [1.165, 1.54) is 0 Å². The van der Waals surface area contributed by atoms with Crippen molar-refractivity contribution in [3.63, 3.8) is 0 Å². The molecule has 0 aromatic carbocycles. The first kappa shape index (κ1) is 17.6. The molecule has 1 aromatic rings. The third-order valence-corrected chi connectivity index (χ3v) is 4.20. The summed E-state index contributed by atoms with van der Waals surface area (Å²) in [5.41, 5.74) is 6.07. The minimum Gasteiger partial charge on any atom is -0.468 e. The van der Waals surface area contributed by atoms with E-state index in [0.29, 0.717) is 12.5 Å². The van der Waals surface area contributed by atoms with Gasteiger partial charge in [0.1, 0.15) is 5.76 Å². The first-order valence-corrected chi connectivity index (χ1v) is 7.66. The van der Waals surface area contributed by atoms with Gasteiger partial charge in [-0.25, -0.2) is 0 Å². The van der Waals surface area contributed by atoms with Crippen LogP contribution in [-0.4, -0.2) is 61.0 Å². The summed E-state index contributed by atoms with van der Waals surface area (Å²) in [6.45, 7) is 2.61. The van der Waals surface area contributed by atoms with E-state index >= 15 is 0 Å². The van der Waals surface area contributed by atoms with Crippen molar-refractivity contribution in [1.82, 2.24) is 9.80 Å². The minimum absolute atomic E-state index is 0. The number of hydrogen-bond acceptors (Lipinski definition) is 4. The SMILES string of the molecule is CN(C)C(CN=C(N)N1CCSCC1)c1ccco1.I. The summed E-state index contributed by atoms with van der Waals surface area (Å²) in [6.07, 6.45) is 1.70. The second-order valence-electron chi connectivity index (χ2n) is 4.79. The van der Waals surface area contributed by atoms with Crippen LogP contribution in [0.25, 0.3) is 0 Å². The number of furan rings is 1. The van der Waals surface area contributed by atoms with Gasteiger partial charge in [-0.15, -0.1) is 24.0 Å². The molecule has 0 saturated carbocycles. The van der Waals surface area contributed by atoms with E-state index in [0.717, 1.165) is 30.4 Å². The van der Waals surface area contributed by atoms with Crippen molar-refractivity contribution < 1.29 is 4.42 Å². The van der Waals surface area contributed by atoms with Crippen LogP contribution in [0.15, 0.2) is 27.8 Å². The van der Waals surface area contributed by atoms with Gasteiger partial charge < -0.3 is 15.1 Å². The van der Waals surface area contributed by atoms with Gasteiger partial charge in [0.2, 0.25) is 0 Å². The van der Waals surface area contributed by atoms with Gasteiger partial charge >= 0.3 is 0 Å². The molecule has 2 heterocycles. The van der Waals surface area contributed by atoms with Crippen LogP contribution in [0.2, 0.25) is 0 Å². The van der Waals surface area contributed by atoms with Crippen molar-refractivity contribution in [2.24, 2.45) is 10.7 Å². The molecule has 5 nitrogen and oxygen atoms in total. The van der Waals surface area contributed by atoms with Gasteiger partial charge in [-0.05, 0) is 26.2 Å². The Bertz CT molecular complexity index is 405. The fourth-order valence-electron chi connectivity index (χ4n) is 2.06. The van der Waals surface area contributed by atoms with Crippen molar-refractivity contribution in [3.8, 4) is 0 Å². The number of hydrogen-bond donors (Lipinski definition) is 1. The van der Waals surface area contributed by atoms with Crippen molar-refractivity contribution in [1.29, 1.82) is 0 Å². The molecule has 1 fully saturated rings. The minimum atomic E-state index is 0. The number of thioether (sulfide) groups is 1. The predicted octanol–water partition coefficient (Wildman–Crippen LogP) is 1.86. The summed E-state index contributed by atoms with van der Waals surface area (Å²) in [5, 5.41) is 0. The maximum atomic E-state index is 6.07. The Morgan fingerprint density at radius 1 is 1.50 bits per heavy atom. The lowest BCUT2D eigenvalue weighted by Gasteiger charge is -2.28. The molecular weight excluding hydrogens is 387 g/mol. The van der Waals surface area contributed by atoms with Crippen LogP contribution in [-0.2, 0) is 0 Å². The van der Waals surface area contributed by atoms with Crippen molar-refractivity contribution in [3.05, 3.63) is 24.2 Å². The highest BCUT2D eigenvalue weighted by Gasteiger charge is 2.18. The first-order valence-electron chi connectivity index (χ1n) is 6.51. The summed E-state index contributed by atoms with van der Waals surface area (Å²) >= 11 is 1.97. The van der Waals surface area contributed by atoms with E-state index < -0.39 is 0 Å². The monoisotopic (exact) mass is 410 g/mol. The average Bonchev–Trinajstić information content (AvgIpc) is 2.93. The summed E-state index contributed by atoms with van der Waals surface area (Å²) in [7, 11) is 4.05. The lowest BCUT2D eigenvalue weighted by atomic mass is 10.2. The Morgan fingerprint density at radius 3 is 2.75 bits per heavy atom. The van der Waals surface area contributed by atoms with E-state index in [1.807, 2.05) is 38.0 Å². The van der Waals surface area contributed by atoms with Crippen LogP contribution in [0, 0.1) is 0 Å². The Morgan fingerprint density at radius 2 is 2.20 bits per heavy atom. The maximum absolute atomic E-state index is 6.07. The van der Waals surface area contributed by atoms with Crippen molar-refractivity contribution in [2.45, 2.75) is 6.04 Å². The molecule has 20 heavy (non-hydrogen) atoms. The van der Waals surface area contributed by atoms with Crippen LogP contribution in [0.5, 0.6) is 0 Å². The van der Waals surface area contributed by atoms with Gasteiger partial charge in [-0.1, -0.05) is 0 Å². The third kappa shape index (κ3) is 4.85. The normalized spacial score (nSPS) is 17.9. The topological polar surface area (TPSA) is 58.0 Å². The van der Waals surface area contributed by atoms with E-state index in [2.05, 4.69) is 14.8 Å². The van der Waals surface area contributed by atoms with Crippen molar-refractivity contribution >= 4 is 41.7 Å². The number of rotatable bonds is 4. The van der Waals surface area contributed by atoms with Crippen LogP contribution >= 0.6 is 35.7 Å². The molecule has 0 aliphatic carbocycles. The molecule has 1 aromatic heterocycles. The highest BCUT2D eigenvalue weighted by atomic mass is 127. The van der Waals surface area contributed by atoms with Crippen LogP contribution in [0.4, 0.5) is 0 Å². The molecule has 0 amide bonds. The predicted molar refractivity (Wildman–Crippen MR) is 95.9 cm³/mol. The largest absolute Gasteiger partial charge is 0.468 e. The van der Waals surface area contributed by atoms with Gasteiger partial charge in [0, 0.05) is 24.6 Å². The molecule has 1 unspecified atom stereocenters. The lowest BCUT2D eigenvalue weighted by molar-refractivity contribution is 0.264. The van der Waals surface area contributed by atoms with Gasteiger partial charge in [-0.2, -0.15) is 11.8 Å². The highest BCUT2D eigenvalue weighted by molar-refractivity contribution is 14.0. The quantitative estimate of drug-likeness (QED) is 0.467. The Kier molecular flexibility index (Phi) is 7.75. The molecule has 1 saturated heterocycles. The first-order chi connectivity index (χ1) is 9.18. The van der Waals surface area contributed by atoms with Crippen LogP contribution in [0.1, 0.15) is 11.8 Å². The molecule has 2 rings (SSSR count). The van der Waals surface area contributed by atoms with Crippen LogP contribution in [0.3, 0.4) is 0 Å². The maximum Gasteiger partial charge on any atom is 0.191 e. The van der Waals surface area contributed by atoms with Gasteiger partial charge in [0.05, 0.1) is 18.8 Å². The smallest absolute Gasteiger partial charge is 0.191 e. The van der Waals surface area contributed by atoms with Crippen molar-refractivity contribution in [2.75, 3.05) is 45.2 Å². The number of nitrogens with two attached hydrogens (primary N) is 1. The molecular formula is C13H23IN4OS. The third-order valence-electron chi connectivity index (χ3n) is 3.26. The zero-order valence-electron chi connectivity index (χ0n) is 12.0. The van der Waals surface area contributed by atoms with E-state index in [4.69, 9.17) is 10.2 Å². The summed E-state index contributed by atoms with van der Waals surface area (Å²) in [5.74, 6) is 3.84. The fraction of sp³-hybridized carbons (Fsp3) is 0.615. The zero-order valence-corrected chi connectivity index (χ0v) is 15.1. The molecule has 1 aliphatic rings. The summed E-state index contributed by atoms with van der Waals surface area (Å²) < 4.78 is 5.47. The standard InChI is InChI=1S/C13H22N4OS.HI/c1-16(2)11(12-4-3-7-18-12)10-15-13(14)17-5-8-19-9-6-17;/h3-4,7,11H,5-6,8-10H2,1-2H3,(H2,14,15);1H. The number of likely N-dealkylation sites (N-methyl/N-ethyl adjacent to an activating group) is 1. The molecule has 7 heteroatoms. The molecule has 1 atom stereocenters. The Hall–Kier alpha value is -0.410. The zero-order chi connectivity index (χ0) is 13.7. The number of guanidine groups is 1. The summed E-state index contributed by atoms with van der Waals surface area (Å²) in [4.78, 5) is 8.79. The second kappa shape index (κ2) is 8.78. The fourth-order valence-corrected chi connectivity index (χ4v) is 2.96. The highest BCUT2D eigenvalue weighted by Crippen LogP contribution is 2.19. The average molecular weight is 410 g/mol. The molecule has 2 N–H and O–H groups in total. The number of halogens is 1. The second-order valence-corrected chi connectivity index (χ2v) is 6.02. The number of aliphatic imine (C=N–C) groups is 1. The van der Waals surface area contributed by atoms with Gasteiger partial charge in [0.15, 0.2) is 5.96 Å². The number of nitrogens with zero attached hydrogens (tertiary/aromatic N) is 3. The molecule has 0 bridgehead atoms. The van der Waals surface area contributed by atoms with E-state index in [9.17, 15) is 0 Å². The molecule has 0 spiro atoms. The van der Waals surface area contributed by atoms with Crippen LogP contribution < -0.4 is 5.73 Å². The van der Waals surface area contributed by atoms with Gasteiger partial charge in [-0.3, -0.25) is 9.89 Å². The Labute approximate surface area is 142 Å².